The van der Waals surface area contributed by atoms with Crippen LogP contribution in [-0.2, 0) is 11.3 Å². The minimum Gasteiger partial charge on any atom is -0.488 e. The van der Waals surface area contributed by atoms with E-state index in [0.29, 0.717) is 37.6 Å². The lowest BCUT2D eigenvalue weighted by Crippen LogP contribution is -2.37. The van der Waals surface area contributed by atoms with Crippen molar-refractivity contribution in [3.8, 4) is 5.75 Å². The number of ether oxygens (including phenoxy) is 2. The van der Waals surface area contributed by atoms with Crippen molar-refractivity contribution >= 4 is 17.4 Å². The zero-order valence-corrected chi connectivity index (χ0v) is 15.0. The summed E-state index contributed by atoms with van der Waals surface area (Å²) in [5, 5.41) is 0. The molecule has 3 rings (SSSR count). The highest BCUT2D eigenvalue weighted by Crippen LogP contribution is 2.31. The van der Waals surface area contributed by atoms with Crippen molar-refractivity contribution in [3.63, 3.8) is 0 Å². The summed E-state index contributed by atoms with van der Waals surface area (Å²) in [5.74, 6) is -1.01. The molecular weight excluding hydrogens is 351 g/mol. The average molecular weight is 372 g/mol. The Hall–Kier alpha value is -2.93. The number of hydrogen-bond acceptors (Lipinski definition) is 5. The number of benzene rings is 2. The van der Waals surface area contributed by atoms with Gasteiger partial charge in [0.25, 0.3) is 0 Å². The summed E-state index contributed by atoms with van der Waals surface area (Å²) in [4.78, 5) is 25.5. The molecule has 1 aliphatic heterocycles. The maximum atomic E-state index is 14.2. The van der Waals surface area contributed by atoms with E-state index in [1.54, 1.807) is 12.1 Å². The number of ketones is 1. The molecule has 2 aromatic carbocycles. The highest BCUT2D eigenvalue weighted by molar-refractivity contribution is 6.02. The zero-order chi connectivity index (χ0) is 19.4. The predicted octanol–water partition coefficient (Wildman–Crippen LogP) is 2.54. The van der Waals surface area contributed by atoms with E-state index in [2.05, 4.69) is 4.90 Å². The monoisotopic (exact) mass is 372 g/mol. The van der Waals surface area contributed by atoms with Crippen molar-refractivity contribution in [2.45, 2.75) is 13.5 Å². The Kier molecular flexibility index (Phi) is 5.71. The minimum absolute atomic E-state index is 0.0717. The highest BCUT2D eigenvalue weighted by Gasteiger charge is 2.21. The van der Waals surface area contributed by atoms with Gasteiger partial charge in [-0.05, 0) is 31.2 Å². The van der Waals surface area contributed by atoms with Gasteiger partial charge in [-0.15, -0.1) is 0 Å². The number of morpholine rings is 1. The van der Waals surface area contributed by atoms with Crippen molar-refractivity contribution < 1.29 is 23.5 Å². The summed E-state index contributed by atoms with van der Waals surface area (Å²) in [6, 6.07) is 9.35. The third kappa shape index (κ3) is 4.25. The number of Topliss-reactive ketones (excluding diaryl/α,β-unsaturated/α-hetero) is 1. The lowest BCUT2D eigenvalue weighted by atomic mass is 10.1. The van der Waals surface area contributed by atoms with Gasteiger partial charge in [-0.3, -0.25) is 9.59 Å². The van der Waals surface area contributed by atoms with Crippen molar-refractivity contribution in [3.05, 3.63) is 58.9 Å². The Morgan fingerprint density at radius 1 is 1.22 bits per heavy atom. The van der Waals surface area contributed by atoms with Crippen LogP contribution >= 0.6 is 0 Å². The zero-order valence-electron chi connectivity index (χ0n) is 15.0. The van der Waals surface area contributed by atoms with Gasteiger partial charge in [0, 0.05) is 24.2 Å². The van der Waals surface area contributed by atoms with Gasteiger partial charge in [-0.1, -0.05) is 12.1 Å². The van der Waals surface area contributed by atoms with E-state index >= 15 is 0 Å². The number of hydrogen-bond donors (Lipinski definition) is 1. The predicted molar refractivity (Wildman–Crippen MR) is 98.7 cm³/mol. The number of halogens is 1. The molecule has 7 heteroatoms. The molecule has 0 atom stereocenters. The van der Waals surface area contributed by atoms with Gasteiger partial charge in [-0.25, -0.2) is 4.39 Å². The molecular formula is C20H21FN2O4. The number of nitrogens with zero attached hydrogens (tertiary/aromatic N) is 1. The SMILES string of the molecule is CC(=O)c1c(OCc2ccc(C(N)=O)cc2F)cccc1N1CCOCC1. The van der Waals surface area contributed by atoms with Crippen LogP contribution in [0.25, 0.3) is 0 Å². The third-order valence-corrected chi connectivity index (χ3v) is 4.43. The van der Waals surface area contributed by atoms with Crippen molar-refractivity contribution in [2.75, 3.05) is 31.2 Å². The summed E-state index contributed by atoms with van der Waals surface area (Å²) >= 11 is 0. The maximum absolute atomic E-state index is 14.2. The molecule has 0 saturated carbocycles. The van der Waals surface area contributed by atoms with E-state index in [9.17, 15) is 14.0 Å². The summed E-state index contributed by atoms with van der Waals surface area (Å²) in [7, 11) is 0. The van der Waals surface area contributed by atoms with E-state index < -0.39 is 11.7 Å². The fraction of sp³-hybridized carbons (Fsp3) is 0.300. The van der Waals surface area contributed by atoms with Gasteiger partial charge < -0.3 is 20.1 Å². The smallest absolute Gasteiger partial charge is 0.248 e. The lowest BCUT2D eigenvalue weighted by Gasteiger charge is -2.30. The molecule has 1 amide bonds. The second-order valence-electron chi connectivity index (χ2n) is 6.26. The first-order valence-electron chi connectivity index (χ1n) is 8.65. The van der Waals surface area contributed by atoms with Gasteiger partial charge in [0.2, 0.25) is 5.91 Å². The molecule has 1 heterocycles. The molecule has 2 aromatic rings. The molecule has 142 valence electrons. The van der Waals surface area contributed by atoms with Crippen LogP contribution in [-0.4, -0.2) is 38.0 Å². The van der Waals surface area contributed by atoms with Crippen LogP contribution in [0.5, 0.6) is 5.75 Å². The number of amides is 1. The maximum Gasteiger partial charge on any atom is 0.248 e. The number of primary amides is 1. The van der Waals surface area contributed by atoms with Crippen LogP contribution < -0.4 is 15.4 Å². The Morgan fingerprint density at radius 2 is 1.96 bits per heavy atom. The quantitative estimate of drug-likeness (QED) is 0.788. The highest BCUT2D eigenvalue weighted by atomic mass is 19.1. The van der Waals surface area contributed by atoms with Crippen LogP contribution in [0.1, 0.15) is 33.2 Å². The molecule has 0 spiro atoms. The van der Waals surface area contributed by atoms with Gasteiger partial charge in [0.05, 0.1) is 24.5 Å². The largest absolute Gasteiger partial charge is 0.488 e. The Balaban J connectivity index is 1.84. The van der Waals surface area contributed by atoms with E-state index in [0.717, 1.165) is 11.8 Å². The second-order valence-corrected chi connectivity index (χ2v) is 6.26. The number of carbonyl (C=O) groups is 2. The van der Waals surface area contributed by atoms with Crippen LogP contribution in [0.3, 0.4) is 0 Å². The van der Waals surface area contributed by atoms with Crippen molar-refractivity contribution in [2.24, 2.45) is 5.73 Å². The second kappa shape index (κ2) is 8.18. The minimum atomic E-state index is -0.696. The molecule has 0 radical (unpaired) electrons. The average Bonchev–Trinajstić information content (AvgIpc) is 2.67. The van der Waals surface area contributed by atoms with Gasteiger partial charge >= 0.3 is 0 Å². The van der Waals surface area contributed by atoms with Crippen LogP contribution in [0.15, 0.2) is 36.4 Å². The Morgan fingerprint density at radius 3 is 2.59 bits per heavy atom. The number of rotatable bonds is 6. The molecule has 0 aliphatic carbocycles. The van der Waals surface area contributed by atoms with Crippen molar-refractivity contribution in [1.29, 1.82) is 0 Å². The normalized spacial score (nSPS) is 14.1. The molecule has 0 unspecified atom stereocenters. The molecule has 2 N–H and O–H groups in total. The summed E-state index contributed by atoms with van der Waals surface area (Å²) in [6.07, 6.45) is 0. The van der Waals surface area contributed by atoms with Crippen molar-refractivity contribution in [1.82, 2.24) is 0 Å². The number of nitrogens with two attached hydrogens (primary N) is 1. The number of anilines is 1. The van der Waals surface area contributed by atoms with E-state index in [1.807, 2.05) is 6.07 Å². The summed E-state index contributed by atoms with van der Waals surface area (Å²) in [6.45, 7) is 3.98. The molecule has 0 aromatic heterocycles. The molecule has 0 bridgehead atoms. The third-order valence-electron chi connectivity index (χ3n) is 4.43. The molecule has 1 aliphatic rings. The molecule has 1 saturated heterocycles. The fourth-order valence-electron chi connectivity index (χ4n) is 3.03. The van der Waals surface area contributed by atoms with E-state index in [-0.39, 0.29) is 23.5 Å². The standard InChI is InChI=1S/C20H21FN2O4/c1-13(24)19-17(23-7-9-26-10-8-23)3-2-4-18(19)27-12-15-6-5-14(20(22)25)11-16(15)21/h2-6,11H,7-10,12H2,1H3,(H2,22,25). The van der Waals surface area contributed by atoms with E-state index in [1.165, 1.54) is 19.1 Å². The van der Waals surface area contributed by atoms with Gasteiger partial charge in [0.15, 0.2) is 5.78 Å². The van der Waals surface area contributed by atoms with E-state index in [4.69, 9.17) is 15.2 Å². The van der Waals surface area contributed by atoms with Gasteiger partial charge in [0.1, 0.15) is 18.2 Å². The Labute approximate surface area is 156 Å². The summed E-state index contributed by atoms with van der Waals surface area (Å²) < 4.78 is 25.3. The van der Waals surface area contributed by atoms with Crippen LogP contribution in [0.4, 0.5) is 10.1 Å². The van der Waals surface area contributed by atoms with Crippen LogP contribution in [0.2, 0.25) is 0 Å². The van der Waals surface area contributed by atoms with Crippen LogP contribution in [0, 0.1) is 5.82 Å². The first-order valence-corrected chi connectivity index (χ1v) is 8.65. The molecule has 1 fully saturated rings. The summed E-state index contributed by atoms with van der Waals surface area (Å²) in [5.41, 5.74) is 6.76. The molecule has 27 heavy (non-hydrogen) atoms. The fourth-order valence-corrected chi connectivity index (χ4v) is 3.03. The molecule has 6 nitrogen and oxygen atoms in total. The first-order chi connectivity index (χ1) is 13.0. The number of carbonyl (C=O) groups excluding carboxylic acids is 2. The first kappa shape index (κ1) is 18.8. The Bertz CT molecular complexity index is 863. The topological polar surface area (TPSA) is 81.9 Å². The lowest BCUT2D eigenvalue weighted by molar-refractivity contribution is 0.0993. The van der Waals surface area contributed by atoms with Gasteiger partial charge in [-0.2, -0.15) is 0 Å².